The van der Waals surface area contributed by atoms with Gasteiger partial charge in [-0.3, -0.25) is 0 Å². The average Bonchev–Trinajstić information content (AvgIpc) is 2.93. The summed E-state index contributed by atoms with van der Waals surface area (Å²) in [6, 6.07) is 0. The van der Waals surface area contributed by atoms with Gasteiger partial charge in [-0.15, -0.1) is 11.3 Å². The van der Waals surface area contributed by atoms with Crippen LogP contribution in [0.2, 0.25) is 0 Å². The van der Waals surface area contributed by atoms with Crippen LogP contribution in [-0.2, 0) is 5.54 Å². The third kappa shape index (κ3) is 1.83. The zero-order valence-corrected chi connectivity index (χ0v) is 9.80. The maximum absolute atomic E-state index is 6.53. The molecule has 0 aromatic carbocycles. The number of hydrogen-bond donors (Lipinski definition) is 1. The lowest BCUT2D eigenvalue weighted by Gasteiger charge is -2.36. The zero-order chi connectivity index (χ0) is 10.3. The highest BCUT2D eigenvalue weighted by atomic mass is 32.1. The average molecular weight is 222 g/mol. The monoisotopic (exact) mass is 222 g/mol. The summed E-state index contributed by atoms with van der Waals surface area (Å²) in [5.41, 5.74) is 6.43. The molecule has 2 nitrogen and oxygen atoms in total. The lowest BCUT2D eigenvalue weighted by Crippen LogP contribution is -2.41. The number of nitrogens with two attached hydrogens (primary N) is 1. The number of hydrogen-bond acceptors (Lipinski definition) is 3. The normalized spacial score (nSPS) is 36.7. The van der Waals surface area contributed by atoms with Crippen LogP contribution in [0.3, 0.4) is 0 Å². The van der Waals surface area contributed by atoms with Crippen LogP contribution < -0.4 is 5.73 Å². The van der Waals surface area contributed by atoms with E-state index >= 15 is 0 Å². The molecular formula is C12H18N2S. The maximum atomic E-state index is 6.53. The molecule has 3 rings (SSSR count). The van der Waals surface area contributed by atoms with E-state index < -0.39 is 0 Å². The molecule has 3 heteroatoms. The molecule has 0 radical (unpaired) electrons. The zero-order valence-electron chi connectivity index (χ0n) is 8.98. The first-order valence-corrected chi connectivity index (χ1v) is 6.85. The van der Waals surface area contributed by atoms with Crippen molar-refractivity contribution < 1.29 is 0 Å². The van der Waals surface area contributed by atoms with Crippen molar-refractivity contribution in [3.05, 3.63) is 16.6 Å². The van der Waals surface area contributed by atoms with E-state index in [0.29, 0.717) is 0 Å². The smallest absolute Gasteiger partial charge is 0.112 e. The second-order valence-corrected chi connectivity index (χ2v) is 6.08. The van der Waals surface area contributed by atoms with Crippen LogP contribution in [-0.4, -0.2) is 4.98 Å². The van der Waals surface area contributed by atoms with Crippen molar-refractivity contribution in [2.24, 2.45) is 17.6 Å². The summed E-state index contributed by atoms with van der Waals surface area (Å²) in [7, 11) is 0. The van der Waals surface area contributed by atoms with Gasteiger partial charge in [-0.1, -0.05) is 12.8 Å². The van der Waals surface area contributed by atoms with E-state index in [1.165, 1.54) is 32.1 Å². The van der Waals surface area contributed by atoms with E-state index in [9.17, 15) is 0 Å². The Kier molecular flexibility index (Phi) is 2.33. The summed E-state index contributed by atoms with van der Waals surface area (Å²) in [6.07, 6.45) is 9.76. The standard InChI is InChI=1S/C12H18N2S/c13-12(11-14-6-7-15-11)5-1-2-10(8-12)9-3-4-9/h6-7,9-10H,1-5,8,13H2. The van der Waals surface area contributed by atoms with Gasteiger partial charge in [0.15, 0.2) is 0 Å². The predicted molar refractivity (Wildman–Crippen MR) is 62.7 cm³/mol. The van der Waals surface area contributed by atoms with Crippen molar-refractivity contribution in [1.29, 1.82) is 0 Å². The minimum Gasteiger partial charge on any atom is -0.319 e. The SMILES string of the molecule is NC1(c2nccs2)CCCC(C2CC2)C1. The van der Waals surface area contributed by atoms with Crippen LogP contribution in [0.4, 0.5) is 0 Å². The first kappa shape index (κ1) is 9.79. The van der Waals surface area contributed by atoms with Gasteiger partial charge in [0, 0.05) is 11.6 Å². The quantitative estimate of drug-likeness (QED) is 0.835. The molecule has 2 N–H and O–H groups in total. The van der Waals surface area contributed by atoms with Crippen LogP contribution in [0.1, 0.15) is 43.5 Å². The summed E-state index contributed by atoms with van der Waals surface area (Å²) in [6.45, 7) is 0. The molecule has 0 bridgehead atoms. The Balaban J connectivity index is 1.79. The first-order valence-electron chi connectivity index (χ1n) is 5.97. The molecule has 2 fully saturated rings. The Morgan fingerprint density at radius 1 is 1.33 bits per heavy atom. The molecule has 1 aromatic rings. The van der Waals surface area contributed by atoms with Crippen LogP contribution in [0, 0.1) is 11.8 Å². The summed E-state index contributed by atoms with van der Waals surface area (Å²) in [5, 5.41) is 3.21. The first-order chi connectivity index (χ1) is 7.28. The molecular weight excluding hydrogens is 204 g/mol. The highest BCUT2D eigenvalue weighted by molar-refractivity contribution is 7.09. The summed E-state index contributed by atoms with van der Waals surface area (Å²) < 4.78 is 0. The van der Waals surface area contributed by atoms with Crippen molar-refractivity contribution in [3.8, 4) is 0 Å². The van der Waals surface area contributed by atoms with Gasteiger partial charge in [0.2, 0.25) is 0 Å². The summed E-state index contributed by atoms with van der Waals surface area (Å²) in [5.74, 6) is 1.88. The van der Waals surface area contributed by atoms with Gasteiger partial charge in [-0.2, -0.15) is 0 Å². The summed E-state index contributed by atoms with van der Waals surface area (Å²) >= 11 is 1.73. The van der Waals surface area contributed by atoms with Gasteiger partial charge in [0.05, 0.1) is 5.54 Å². The molecule has 2 saturated carbocycles. The fraction of sp³-hybridized carbons (Fsp3) is 0.750. The molecule has 0 amide bonds. The Morgan fingerprint density at radius 3 is 2.87 bits per heavy atom. The third-order valence-corrected chi connectivity index (χ3v) is 4.96. The van der Waals surface area contributed by atoms with Gasteiger partial charge in [0.1, 0.15) is 5.01 Å². The van der Waals surface area contributed by atoms with Gasteiger partial charge in [-0.05, 0) is 37.5 Å². The maximum Gasteiger partial charge on any atom is 0.112 e. The van der Waals surface area contributed by atoms with Crippen molar-refractivity contribution >= 4 is 11.3 Å². The van der Waals surface area contributed by atoms with E-state index in [4.69, 9.17) is 5.73 Å². The molecule has 15 heavy (non-hydrogen) atoms. The molecule has 1 heterocycles. The highest BCUT2D eigenvalue weighted by Gasteiger charge is 2.41. The fourth-order valence-corrected chi connectivity index (χ4v) is 3.78. The summed E-state index contributed by atoms with van der Waals surface area (Å²) in [4.78, 5) is 4.42. The number of thiazole rings is 1. The predicted octanol–water partition coefficient (Wildman–Crippen LogP) is 2.90. The number of nitrogens with zero attached hydrogens (tertiary/aromatic N) is 1. The van der Waals surface area contributed by atoms with E-state index in [0.717, 1.165) is 23.3 Å². The van der Waals surface area contributed by atoms with Crippen molar-refractivity contribution in [3.63, 3.8) is 0 Å². The Hall–Kier alpha value is -0.410. The Bertz CT molecular complexity index is 331. The van der Waals surface area contributed by atoms with Gasteiger partial charge in [-0.25, -0.2) is 4.98 Å². The van der Waals surface area contributed by atoms with E-state index in [2.05, 4.69) is 4.98 Å². The highest BCUT2D eigenvalue weighted by Crippen LogP contribution is 2.48. The van der Waals surface area contributed by atoms with Crippen LogP contribution in [0.5, 0.6) is 0 Å². The third-order valence-electron chi connectivity index (χ3n) is 3.97. The van der Waals surface area contributed by atoms with E-state index in [-0.39, 0.29) is 5.54 Å². The molecule has 82 valence electrons. The number of rotatable bonds is 2. The molecule has 2 unspecified atom stereocenters. The van der Waals surface area contributed by atoms with Gasteiger partial charge in [0.25, 0.3) is 0 Å². The minimum atomic E-state index is -0.0975. The molecule has 1 aromatic heterocycles. The topological polar surface area (TPSA) is 38.9 Å². The minimum absolute atomic E-state index is 0.0975. The Morgan fingerprint density at radius 2 is 2.20 bits per heavy atom. The van der Waals surface area contributed by atoms with Crippen molar-refractivity contribution in [1.82, 2.24) is 4.98 Å². The van der Waals surface area contributed by atoms with E-state index in [1.54, 1.807) is 11.3 Å². The Labute approximate surface area is 94.9 Å². The van der Waals surface area contributed by atoms with Crippen LogP contribution in [0.15, 0.2) is 11.6 Å². The number of aromatic nitrogens is 1. The fourth-order valence-electron chi connectivity index (χ4n) is 2.99. The van der Waals surface area contributed by atoms with Crippen LogP contribution in [0.25, 0.3) is 0 Å². The molecule has 2 aliphatic carbocycles. The molecule has 2 atom stereocenters. The molecule has 0 aliphatic heterocycles. The van der Waals surface area contributed by atoms with Crippen molar-refractivity contribution in [2.75, 3.05) is 0 Å². The molecule has 0 spiro atoms. The largest absolute Gasteiger partial charge is 0.319 e. The molecule has 2 aliphatic rings. The molecule has 0 saturated heterocycles. The van der Waals surface area contributed by atoms with E-state index in [1.807, 2.05) is 11.6 Å². The second-order valence-electron chi connectivity index (χ2n) is 5.19. The van der Waals surface area contributed by atoms with Crippen LogP contribution >= 0.6 is 11.3 Å². The lowest BCUT2D eigenvalue weighted by molar-refractivity contribution is 0.206. The lowest BCUT2D eigenvalue weighted by atomic mass is 9.74. The second kappa shape index (κ2) is 3.56. The van der Waals surface area contributed by atoms with Crippen molar-refractivity contribution in [2.45, 2.75) is 44.1 Å². The van der Waals surface area contributed by atoms with Gasteiger partial charge < -0.3 is 5.73 Å². The van der Waals surface area contributed by atoms with Gasteiger partial charge >= 0.3 is 0 Å².